The zero-order chi connectivity index (χ0) is 15.0. The predicted molar refractivity (Wildman–Crippen MR) is 105 cm³/mol. The molecular weight excluding hydrogens is 395 g/mol. The molecule has 0 aliphatic rings. The van der Waals surface area contributed by atoms with Crippen LogP contribution in [0.2, 0.25) is 0 Å². The average molecular weight is 424 g/mol. The fraction of sp³-hybridized carbons (Fsp3) is 0.667. The molecule has 2 N–H and O–H groups in total. The highest BCUT2D eigenvalue weighted by atomic mass is 127. The van der Waals surface area contributed by atoms with Crippen molar-refractivity contribution in [2.45, 2.75) is 32.7 Å². The second kappa shape index (κ2) is 11.3. The largest absolute Gasteiger partial charge is 0.356 e. The van der Waals surface area contributed by atoms with Gasteiger partial charge in [0.1, 0.15) is 0 Å². The van der Waals surface area contributed by atoms with Crippen LogP contribution in [0, 0.1) is 6.92 Å². The van der Waals surface area contributed by atoms with Crippen molar-refractivity contribution in [1.29, 1.82) is 0 Å². The molecule has 1 aromatic rings. The molecule has 0 radical (unpaired) electrons. The standard InChI is InChI=1S/C15H28N4S.HI/c1-12(11-14-8-7-13(2)20-14)18-15(16-3)17-9-6-10-19(4)5;/h7-8,12H,6,9-11H2,1-5H3,(H2,16,17,18);1H. The van der Waals surface area contributed by atoms with Crippen molar-refractivity contribution >= 4 is 41.3 Å². The second-order valence-corrected chi connectivity index (χ2v) is 6.79. The zero-order valence-electron chi connectivity index (χ0n) is 13.8. The number of guanidine groups is 1. The minimum Gasteiger partial charge on any atom is -0.356 e. The van der Waals surface area contributed by atoms with Gasteiger partial charge < -0.3 is 15.5 Å². The number of nitrogens with zero attached hydrogens (tertiary/aromatic N) is 2. The highest BCUT2D eigenvalue weighted by Gasteiger charge is 2.07. The Morgan fingerprint density at radius 3 is 2.62 bits per heavy atom. The summed E-state index contributed by atoms with van der Waals surface area (Å²) in [5, 5.41) is 6.81. The first-order valence-electron chi connectivity index (χ1n) is 7.18. The molecule has 0 amide bonds. The number of rotatable bonds is 7. The van der Waals surface area contributed by atoms with E-state index in [2.05, 4.69) is 60.6 Å². The van der Waals surface area contributed by atoms with Crippen LogP contribution in [0.25, 0.3) is 0 Å². The average Bonchev–Trinajstić information content (AvgIpc) is 2.78. The van der Waals surface area contributed by atoms with Gasteiger partial charge in [0.05, 0.1) is 0 Å². The Kier molecular flexibility index (Phi) is 11.1. The SMILES string of the molecule is CN=C(NCCCN(C)C)NC(C)Cc1ccc(C)s1.I. The summed E-state index contributed by atoms with van der Waals surface area (Å²) in [7, 11) is 6.01. The summed E-state index contributed by atoms with van der Waals surface area (Å²) in [5.74, 6) is 0.893. The highest BCUT2D eigenvalue weighted by molar-refractivity contribution is 14.0. The zero-order valence-corrected chi connectivity index (χ0v) is 16.9. The normalized spacial score (nSPS) is 13.0. The van der Waals surface area contributed by atoms with Crippen LogP contribution in [0.4, 0.5) is 0 Å². The highest BCUT2D eigenvalue weighted by Crippen LogP contribution is 2.16. The van der Waals surface area contributed by atoms with Crippen molar-refractivity contribution in [1.82, 2.24) is 15.5 Å². The van der Waals surface area contributed by atoms with Crippen LogP contribution in [0.3, 0.4) is 0 Å². The fourth-order valence-corrected chi connectivity index (χ4v) is 3.00. The lowest BCUT2D eigenvalue weighted by molar-refractivity contribution is 0.399. The Hall–Kier alpha value is -0.340. The Morgan fingerprint density at radius 2 is 2.10 bits per heavy atom. The number of hydrogen-bond acceptors (Lipinski definition) is 3. The van der Waals surface area contributed by atoms with Gasteiger partial charge in [0.15, 0.2) is 5.96 Å². The lowest BCUT2D eigenvalue weighted by atomic mass is 10.2. The van der Waals surface area contributed by atoms with Gasteiger partial charge in [-0.05, 0) is 53.0 Å². The summed E-state index contributed by atoms with van der Waals surface area (Å²) in [6, 6.07) is 4.78. The van der Waals surface area contributed by atoms with E-state index in [0.29, 0.717) is 6.04 Å². The molecule has 0 aromatic carbocycles. The molecule has 0 fully saturated rings. The number of aliphatic imine (C=N–C) groups is 1. The summed E-state index contributed by atoms with van der Waals surface area (Å²) in [6.45, 7) is 6.38. The smallest absolute Gasteiger partial charge is 0.191 e. The Morgan fingerprint density at radius 1 is 1.38 bits per heavy atom. The van der Waals surface area contributed by atoms with E-state index in [-0.39, 0.29) is 24.0 Å². The number of thiophene rings is 1. The summed E-state index contributed by atoms with van der Waals surface area (Å²) in [4.78, 5) is 9.27. The Balaban J connectivity index is 0.00000400. The van der Waals surface area contributed by atoms with Gasteiger partial charge in [-0.25, -0.2) is 0 Å². The van der Waals surface area contributed by atoms with Crippen LogP contribution in [0.15, 0.2) is 17.1 Å². The van der Waals surface area contributed by atoms with E-state index >= 15 is 0 Å². The Bertz CT molecular complexity index is 418. The van der Waals surface area contributed by atoms with Crippen molar-refractivity contribution in [3.05, 3.63) is 21.9 Å². The van der Waals surface area contributed by atoms with Crippen LogP contribution in [0.1, 0.15) is 23.1 Å². The molecule has 0 saturated heterocycles. The van der Waals surface area contributed by atoms with Gasteiger partial charge in [-0.2, -0.15) is 0 Å². The van der Waals surface area contributed by atoms with Crippen molar-refractivity contribution in [2.75, 3.05) is 34.2 Å². The molecule has 0 bridgehead atoms. The molecule has 122 valence electrons. The molecular formula is C15H29IN4S. The molecule has 0 aliphatic carbocycles. The number of hydrogen-bond donors (Lipinski definition) is 2. The maximum Gasteiger partial charge on any atom is 0.191 e. The molecule has 1 atom stereocenters. The van der Waals surface area contributed by atoms with E-state index in [1.54, 1.807) is 0 Å². The first kappa shape index (κ1) is 20.7. The first-order chi connectivity index (χ1) is 9.51. The number of aryl methyl sites for hydroxylation is 1. The van der Waals surface area contributed by atoms with E-state index in [1.807, 2.05) is 18.4 Å². The molecule has 0 saturated carbocycles. The Labute approximate surface area is 150 Å². The third kappa shape index (κ3) is 9.31. The van der Waals surface area contributed by atoms with E-state index in [4.69, 9.17) is 0 Å². The van der Waals surface area contributed by atoms with Crippen molar-refractivity contribution in [2.24, 2.45) is 4.99 Å². The minimum atomic E-state index is 0. The predicted octanol–water partition coefficient (Wildman–Crippen LogP) is 2.72. The van der Waals surface area contributed by atoms with Gasteiger partial charge in [-0.15, -0.1) is 35.3 Å². The maximum atomic E-state index is 4.28. The molecule has 1 heterocycles. The third-order valence-electron chi connectivity index (χ3n) is 2.98. The molecule has 1 rings (SSSR count). The van der Waals surface area contributed by atoms with Gasteiger partial charge in [-0.1, -0.05) is 0 Å². The van der Waals surface area contributed by atoms with Gasteiger partial charge in [0.2, 0.25) is 0 Å². The van der Waals surface area contributed by atoms with Gasteiger partial charge in [0.25, 0.3) is 0 Å². The summed E-state index contributed by atoms with van der Waals surface area (Å²) >= 11 is 1.87. The summed E-state index contributed by atoms with van der Waals surface area (Å²) < 4.78 is 0. The quantitative estimate of drug-likeness (QED) is 0.306. The van der Waals surface area contributed by atoms with Crippen LogP contribution in [-0.4, -0.2) is 51.1 Å². The van der Waals surface area contributed by atoms with Gasteiger partial charge >= 0.3 is 0 Å². The van der Waals surface area contributed by atoms with E-state index < -0.39 is 0 Å². The van der Waals surface area contributed by atoms with Gasteiger partial charge in [-0.3, -0.25) is 4.99 Å². The molecule has 4 nitrogen and oxygen atoms in total. The summed E-state index contributed by atoms with van der Waals surface area (Å²) in [6.07, 6.45) is 2.16. The number of nitrogens with one attached hydrogen (secondary N) is 2. The second-order valence-electron chi connectivity index (χ2n) is 5.42. The third-order valence-corrected chi connectivity index (χ3v) is 4.01. The van der Waals surface area contributed by atoms with E-state index in [1.165, 1.54) is 9.75 Å². The summed E-state index contributed by atoms with van der Waals surface area (Å²) in [5.41, 5.74) is 0. The monoisotopic (exact) mass is 424 g/mol. The van der Waals surface area contributed by atoms with Crippen LogP contribution < -0.4 is 10.6 Å². The molecule has 21 heavy (non-hydrogen) atoms. The molecule has 1 aromatic heterocycles. The first-order valence-corrected chi connectivity index (χ1v) is 8.00. The fourth-order valence-electron chi connectivity index (χ4n) is 1.98. The van der Waals surface area contributed by atoms with Crippen LogP contribution in [0.5, 0.6) is 0 Å². The van der Waals surface area contributed by atoms with E-state index in [9.17, 15) is 0 Å². The lowest BCUT2D eigenvalue weighted by Gasteiger charge is -2.18. The number of halogens is 1. The molecule has 1 unspecified atom stereocenters. The lowest BCUT2D eigenvalue weighted by Crippen LogP contribution is -2.43. The molecule has 6 heteroatoms. The topological polar surface area (TPSA) is 39.7 Å². The molecule has 0 aliphatic heterocycles. The van der Waals surface area contributed by atoms with Crippen molar-refractivity contribution < 1.29 is 0 Å². The van der Waals surface area contributed by atoms with E-state index in [0.717, 1.165) is 31.9 Å². The molecule has 0 spiro atoms. The van der Waals surface area contributed by atoms with Crippen LogP contribution in [-0.2, 0) is 6.42 Å². The van der Waals surface area contributed by atoms with Crippen molar-refractivity contribution in [3.63, 3.8) is 0 Å². The van der Waals surface area contributed by atoms with Gasteiger partial charge in [0, 0.05) is 35.8 Å². The van der Waals surface area contributed by atoms with Crippen molar-refractivity contribution in [3.8, 4) is 0 Å². The maximum absolute atomic E-state index is 4.28. The minimum absolute atomic E-state index is 0. The van der Waals surface area contributed by atoms with Crippen LogP contribution >= 0.6 is 35.3 Å².